The summed E-state index contributed by atoms with van der Waals surface area (Å²) in [7, 11) is 0. The van der Waals surface area contributed by atoms with Crippen LogP contribution in [0, 0.1) is 0 Å². The van der Waals surface area contributed by atoms with E-state index in [1.54, 1.807) is 18.3 Å². The molecule has 0 aromatic carbocycles. The standard InChI is InChI=1S/C10H7BrN4O3/c11-7-6(2-1-3-12-7)14-8(16)5-4-13-10(18)15-9(5)17/h1-4H,(H,14,16)(H2,13,15,17,18). The van der Waals surface area contributed by atoms with E-state index in [1.165, 1.54) is 0 Å². The van der Waals surface area contributed by atoms with Crippen LogP contribution in [0.3, 0.4) is 0 Å². The molecule has 0 radical (unpaired) electrons. The summed E-state index contributed by atoms with van der Waals surface area (Å²) in [4.78, 5) is 42.1. The highest BCUT2D eigenvalue weighted by Gasteiger charge is 2.12. The molecular weight excluding hydrogens is 304 g/mol. The number of carbonyl (C=O) groups is 1. The number of aromatic amines is 2. The van der Waals surface area contributed by atoms with Gasteiger partial charge in [0.2, 0.25) is 0 Å². The maximum absolute atomic E-state index is 11.8. The lowest BCUT2D eigenvalue weighted by atomic mass is 10.3. The van der Waals surface area contributed by atoms with Crippen LogP contribution in [0.2, 0.25) is 0 Å². The lowest BCUT2D eigenvalue weighted by Gasteiger charge is -2.05. The number of nitrogens with one attached hydrogen (secondary N) is 3. The van der Waals surface area contributed by atoms with Crippen LogP contribution in [-0.2, 0) is 0 Å². The molecule has 2 aromatic rings. The fourth-order valence-electron chi connectivity index (χ4n) is 1.25. The zero-order chi connectivity index (χ0) is 13.1. The Labute approximate surface area is 108 Å². The van der Waals surface area contributed by atoms with Gasteiger partial charge in [-0.1, -0.05) is 0 Å². The first kappa shape index (κ1) is 12.2. The summed E-state index contributed by atoms with van der Waals surface area (Å²) in [6, 6.07) is 3.26. The molecule has 18 heavy (non-hydrogen) atoms. The molecule has 92 valence electrons. The monoisotopic (exact) mass is 310 g/mol. The molecule has 0 aliphatic carbocycles. The molecule has 0 aliphatic rings. The van der Waals surface area contributed by atoms with Crippen molar-refractivity contribution in [3.05, 3.63) is 55.5 Å². The van der Waals surface area contributed by atoms with Gasteiger partial charge in [0.15, 0.2) is 0 Å². The number of anilines is 1. The Morgan fingerprint density at radius 2 is 2.17 bits per heavy atom. The molecule has 0 aliphatic heterocycles. The van der Waals surface area contributed by atoms with Gasteiger partial charge in [0.25, 0.3) is 11.5 Å². The van der Waals surface area contributed by atoms with Crippen molar-refractivity contribution < 1.29 is 4.79 Å². The number of hydrogen-bond donors (Lipinski definition) is 3. The normalized spacial score (nSPS) is 10.1. The lowest BCUT2D eigenvalue weighted by Crippen LogP contribution is -2.29. The number of carbonyl (C=O) groups excluding carboxylic acids is 1. The predicted octanol–water partition coefficient (Wildman–Crippen LogP) is 0.473. The molecule has 0 unspecified atom stereocenters. The van der Waals surface area contributed by atoms with E-state index in [2.05, 4.69) is 31.2 Å². The van der Waals surface area contributed by atoms with Gasteiger partial charge in [0.1, 0.15) is 10.2 Å². The predicted molar refractivity (Wildman–Crippen MR) is 67.6 cm³/mol. The molecule has 8 heteroatoms. The highest BCUT2D eigenvalue weighted by Crippen LogP contribution is 2.18. The third-order valence-corrected chi connectivity index (χ3v) is 2.70. The van der Waals surface area contributed by atoms with Crippen LogP contribution in [0.4, 0.5) is 5.69 Å². The molecule has 2 rings (SSSR count). The Balaban J connectivity index is 2.31. The van der Waals surface area contributed by atoms with E-state index in [9.17, 15) is 14.4 Å². The number of H-pyrrole nitrogens is 2. The van der Waals surface area contributed by atoms with Crippen molar-refractivity contribution in [1.82, 2.24) is 15.0 Å². The van der Waals surface area contributed by atoms with Crippen molar-refractivity contribution in [3.63, 3.8) is 0 Å². The lowest BCUT2D eigenvalue weighted by molar-refractivity contribution is 0.102. The molecule has 0 bridgehead atoms. The van der Waals surface area contributed by atoms with Crippen LogP contribution in [0.15, 0.2) is 38.7 Å². The summed E-state index contributed by atoms with van der Waals surface area (Å²) in [6.45, 7) is 0. The number of pyridine rings is 1. The second kappa shape index (κ2) is 4.96. The summed E-state index contributed by atoms with van der Waals surface area (Å²) < 4.78 is 0.444. The second-order valence-electron chi connectivity index (χ2n) is 3.28. The number of hydrogen-bond acceptors (Lipinski definition) is 4. The van der Waals surface area contributed by atoms with Crippen LogP contribution in [0.25, 0.3) is 0 Å². The number of aromatic nitrogens is 3. The molecule has 0 saturated carbocycles. The van der Waals surface area contributed by atoms with Crippen LogP contribution >= 0.6 is 15.9 Å². The van der Waals surface area contributed by atoms with Crippen molar-refractivity contribution in [2.24, 2.45) is 0 Å². The first-order valence-corrected chi connectivity index (χ1v) is 5.61. The number of nitrogens with zero attached hydrogens (tertiary/aromatic N) is 1. The van der Waals surface area contributed by atoms with E-state index in [0.717, 1.165) is 6.20 Å². The topological polar surface area (TPSA) is 108 Å². The van der Waals surface area contributed by atoms with Gasteiger partial charge in [-0.15, -0.1) is 0 Å². The Morgan fingerprint density at radius 3 is 2.83 bits per heavy atom. The second-order valence-corrected chi connectivity index (χ2v) is 4.03. The molecule has 2 aromatic heterocycles. The number of amides is 1. The van der Waals surface area contributed by atoms with E-state index in [-0.39, 0.29) is 5.56 Å². The van der Waals surface area contributed by atoms with E-state index in [4.69, 9.17) is 0 Å². The first-order valence-electron chi connectivity index (χ1n) is 4.82. The van der Waals surface area contributed by atoms with Crippen LogP contribution in [0.1, 0.15) is 10.4 Å². The Hall–Kier alpha value is -2.22. The molecule has 7 nitrogen and oxygen atoms in total. The van der Waals surface area contributed by atoms with Gasteiger partial charge in [-0.3, -0.25) is 14.6 Å². The molecule has 2 heterocycles. The summed E-state index contributed by atoms with van der Waals surface area (Å²) in [5.74, 6) is -0.638. The summed E-state index contributed by atoms with van der Waals surface area (Å²) in [6.07, 6.45) is 2.60. The van der Waals surface area contributed by atoms with Gasteiger partial charge in [-0.2, -0.15) is 0 Å². The summed E-state index contributed by atoms with van der Waals surface area (Å²) in [5.41, 5.74) is -1.19. The minimum atomic E-state index is -0.753. The Kier molecular flexibility index (Phi) is 3.38. The maximum atomic E-state index is 11.8. The number of rotatable bonds is 2. The smallest absolute Gasteiger partial charge is 0.319 e. The van der Waals surface area contributed by atoms with Crippen molar-refractivity contribution in [2.75, 3.05) is 5.32 Å². The zero-order valence-corrected chi connectivity index (χ0v) is 10.4. The SMILES string of the molecule is O=C(Nc1cccnc1Br)c1c[nH]c(=O)[nH]c1=O. The van der Waals surface area contributed by atoms with Gasteiger partial charge < -0.3 is 10.3 Å². The first-order chi connectivity index (χ1) is 8.58. The van der Waals surface area contributed by atoms with Crippen molar-refractivity contribution in [3.8, 4) is 0 Å². The third kappa shape index (κ3) is 2.54. The van der Waals surface area contributed by atoms with Crippen LogP contribution in [-0.4, -0.2) is 20.9 Å². The third-order valence-electron chi connectivity index (χ3n) is 2.07. The summed E-state index contributed by atoms with van der Waals surface area (Å²) >= 11 is 3.16. The van der Waals surface area contributed by atoms with Gasteiger partial charge in [0.05, 0.1) is 5.69 Å². The summed E-state index contributed by atoms with van der Waals surface area (Å²) in [5, 5.41) is 2.50. The fraction of sp³-hybridized carbons (Fsp3) is 0. The van der Waals surface area contributed by atoms with Gasteiger partial charge in [-0.05, 0) is 28.1 Å². The van der Waals surface area contributed by atoms with Gasteiger partial charge >= 0.3 is 5.69 Å². The quantitative estimate of drug-likeness (QED) is 0.701. The molecule has 3 N–H and O–H groups in total. The van der Waals surface area contributed by atoms with E-state index >= 15 is 0 Å². The minimum Gasteiger partial charge on any atom is -0.319 e. The molecule has 0 fully saturated rings. The van der Waals surface area contributed by atoms with Crippen molar-refractivity contribution >= 4 is 27.5 Å². The largest absolute Gasteiger partial charge is 0.325 e. The molecule has 0 saturated heterocycles. The minimum absolute atomic E-state index is 0.189. The maximum Gasteiger partial charge on any atom is 0.325 e. The molecule has 0 spiro atoms. The highest BCUT2D eigenvalue weighted by atomic mass is 79.9. The fourth-order valence-corrected chi connectivity index (χ4v) is 1.60. The molecule has 0 atom stereocenters. The average Bonchev–Trinajstić information content (AvgIpc) is 2.32. The van der Waals surface area contributed by atoms with Crippen LogP contribution < -0.4 is 16.6 Å². The average molecular weight is 311 g/mol. The van der Waals surface area contributed by atoms with Gasteiger partial charge in [-0.25, -0.2) is 9.78 Å². The van der Waals surface area contributed by atoms with E-state index in [1.807, 2.05) is 4.98 Å². The van der Waals surface area contributed by atoms with Gasteiger partial charge in [0, 0.05) is 12.4 Å². The highest BCUT2D eigenvalue weighted by molar-refractivity contribution is 9.10. The van der Waals surface area contributed by atoms with Crippen LogP contribution in [0.5, 0.6) is 0 Å². The molecule has 1 amide bonds. The zero-order valence-electron chi connectivity index (χ0n) is 8.86. The van der Waals surface area contributed by atoms with E-state index < -0.39 is 17.2 Å². The van der Waals surface area contributed by atoms with Crippen molar-refractivity contribution in [2.45, 2.75) is 0 Å². The number of halogens is 1. The molecular formula is C10H7BrN4O3. The van der Waals surface area contributed by atoms with Crippen molar-refractivity contribution in [1.29, 1.82) is 0 Å². The Morgan fingerprint density at radius 1 is 1.39 bits per heavy atom. The Bertz CT molecular complexity index is 707. The van der Waals surface area contributed by atoms with E-state index in [0.29, 0.717) is 10.3 Å².